The minimum Gasteiger partial charge on any atom is -0.508 e. The molecule has 0 spiro atoms. The molecule has 0 saturated heterocycles. The Morgan fingerprint density at radius 3 is 2.00 bits per heavy atom. The summed E-state index contributed by atoms with van der Waals surface area (Å²) in [6, 6.07) is 11.2. The highest BCUT2D eigenvalue weighted by Crippen LogP contribution is 2.11. The number of hydrogen-bond donors (Lipinski definition) is 7. The van der Waals surface area contributed by atoms with Gasteiger partial charge in [-0.3, -0.25) is 19.2 Å². The van der Waals surface area contributed by atoms with E-state index in [-0.39, 0.29) is 25.0 Å². The Hall–Kier alpha value is -4.45. The zero-order valence-corrected chi connectivity index (χ0v) is 19.9. The standard InChI is InChI=1S/C25H30N4O8/c26-18(12-15-4-2-1-3-5-15)23(34)29-19(10-11-22(32)33)24(35)27-14-21(31)28-20(25(36)37)13-16-6-8-17(30)9-7-16/h1-9,18-20,30H,10-14,26H2,(H,27,35)(H,28,31)(H,29,34)(H,32,33)(H,36,37). The largest absolute Gasteiger partial charge is 0.508 e. The summed E-state index contributed by atoms with van der Waals surface area (Å²) in [5, 5.41) is 34.8. The highest BCUT2D eigenvalue weighted by Gasteiger charge is 2.26. The molecule has 0 bridgehead atoms. The zero-order valence-electron chi connectivity index (χ0n) is 19.9. The summed E-state index contributed by atoms with van der Waals surface area (Å²) in [5.74, 6) is -4.76. The van der Waals surface area contributed by atoms with Gasteiger partial charge < -0.3 is 37.0 Å². The maximum atomic E-state index is 12.6. The van der Waals surface area contributed by atoms with Gasteiger partial charge in [-0.15, -0.1) is 0 Å². The molecule has 12 heteroatoms. The number of carboxylic acids is 2. The van der Waals surface area contributed by atoms with Crippen molar-refractivity contribution in [1.29, 1.82) is 0 Å². The van der Waals surface area contributed by atoms with E-state index in [9.17, 15) is 34.2 Å². The lowest BCUT2D eigenvalue weighted by Crippen LogP contribution is -2.54. The van der Waals surface area contributed by atoms with Gasteiger partial charge in [-0.05, 0) is 36.1 Å². The van der Waals surface area contributed by atoms with Gasteiger partial charge in [-0.2, -0.15) is 0 Å². The van der Waals surface area contributed by atoms with Crippen molar-refractivity contribution in [3.63, 3.8) is 0 Å². The van der Waals surface area contributed by atoms with Crippen molar-refractivity contribution >= 4 is 29.7 Å². The van der Waals surface area contributed by atoms with Crippen molar-refractivity contribution < 1.29 is 39.3 Å². The third-order valence-corrected chi connectivity index (χ3v) is 5.35. The fraction of sp³-hybridized carbons (Fsp3) is 0.320. The van der Waals surface area contributed by atoms with E-state index in [1.54, 1.807) is 24.3 Å². The Morgan fingerprint density at radius 2 is 1.41 bits per heavy atom. The number of nitrogens with one attached hydrogen (secondary N) is 3. The third kappa shape index (κ3) is 10.4. The van der Waals surface area contributed by atoms with Gasteiger partial charge in [0.1, 0.15) is 17.8 Å². The summed E-state index contributed by atoms with van der Waals surface area (Å²) in [6.45, 7) is -0.603. The van der Waals surface area contributed by atoms with E-state index in [0.717, 1.165) is 5.56 Å². The van der Waals surface area contributed by atoms with Gasteiger partial charge in [0.15, 0.2) is 0 Å². The van der Waals surface area contributed by atoms with Crippen LogP contribution in [-0.4, -0.2) is 69.7 Å². The Morgan fingerprint density at radius 1 is 0.784 bits per heavy atom. The topological polar surface area (TPSA) is 208 Å². The third-order valence-electron chi connectivity index (χ3n) is 5.35. The van der Waals surface area contributed by atoms with Crippen LogP contribution in [0.4, 0.5) is 0 Å². The summed E-state index contributed by atoms with van der Waals surface area (Å²) in [7, 11) is 0. The SMILES string of the molecule is NC(Cc1ccccc1)C(=O)NC(CCC(=O)O)C(=O)NCC(=O)NC(Cc1ccc(O)cc1)C(=O)O. The van der Waals surface area contributed by atoms with Crippen LogP contribution < -0.4 is 21.7 Å². The lowest BCUT2D eigenvalue weighted by Gasteiger charge is -2.21. The van der Waals surface area contributed by atoms with E-state index < -0.39 is 60.8 Å². The number of aliphatic carboxylic acids is 2. The molecule has 2 rings (SSSR count). The Labute approximate surface area is 212 Å². The van der Waals surface area contributed by atoms with Gasteiger partial charge in [0.2, 0.25) is 17.7 Å². The summed E-state index contributed by atoms with van der Waals surface area (Å²) >= 11 is 0. The number of nitrogens with two attached hydrogens (primary N) is 1. The number of aromatic hydroxyl groups is 1. The molecule has 0 saturated carbocycles. The van der Waals surface area contributed by atoms with Crippen molar-refractivity contribution in [3.05, 3.63) is 65.7 Å². The normalized spacial score (nSPS) is 13.0. The number of amides is 3. The maximum absolute atomic E-state index is 12.6. The molecule has 2 aromatic carbocycles. The second-order valence-corrected chi connectivity index (χ2v) is 8.34. The summed E-state index contributed by atoms with van der Waals surface area (Å²) < 4.78 is 0. The number of phenolic OH excluding ortho intramolecular Hbond substituents is 1. The van der Waals surface area contributed by atoms with E-state index in [1.807, 2.05) is 6.07 Å². The number of hydrogen-bond acceptors (Lipinski definition) is 7. The van der Waals surface area contributed by atoms with Crippen LogP contribution in [0.25, 0.3) is 0 Å². The molecule has 0 radical (unpaired) electrons. The van der Waals surface area contributed by atoms with E-state index in [0.29, 0.717) is 5.56 Å². The van der Waals surface area contributed by atoms with Gasteiger partial charge in [-0.25, -0.2) is 4.79 Å². The first kappa shape index (κ1) is 28.8. The fourth-order valence-electron chi connectivity index (χ4n) is 3.38. The first-order valence-corrected chi connectivity index (χ1v) is 11.4. The molecule has 3 atom stereocenters. The van der Waals surface area contributed by atoms with Gasteiger partial charge in [0.05, 0.1) is 12.6 Å². The Bertz CT molecular complexity index is 1090. The molecule has 8 N–H and O–H groups in total. The fourth-order valence-corrected chi connectivity index (χ4v) is 3.38. The van der Waals surface area contributed by atoms with Crippen molar-refractivity contribution in [2.45, 2.75) is 43.8 Å². The Balaban J connectivity index is 1.94. The summed E-state index contributed by atoms with van der Waals surface area (Å²) in [4.78, 5) is 60.0. The van der Waals surface area contributed by atoms with Crippen LogP contribution in [0.15, 0.2) is 54.6 Å². The van der Waals surface area contributed by atoms with Gasteiger partial charge in [-0.1, -0.05) is 42.5 Å². The summed E-state index contributed by atoms with van der Waals surface area (Å²) in [5.41, 5.74) is 7.29. The molecule has 3 amide bonds. The molecule has 0 fully saturated rings. The van der Waals surface area contributed by atoms with E-state index in [4.69, 9.17) is 10.8 Å². The average molecular weight is 515 g/mol. The zero-order chi connectivity index (χ0) is 27.4. The number of carboxylic acid groups (broad SMARTS) is 2. The molecular formula is C25H30N4O8. The smallest absolute Gasteiger partial charge is 0.326 e. The number of carbonyl (C=O) groups is 5. The van der Waals surface area contributed by atoms with Crippen molar-refractivity contribution in [2.24, 2.45) is 5.73 Å². The second-order valence-electron chi connectivity index (χ2n) is 8.34. The predicted octanol–water partition coefficient (Wildman–Crippen LogP) is -0.460. The van der Waals surface area contributed by atoms with Gasteiger partial charge in [0, 0.05) is 12.8 Å². The van der Waals surface area contributed by atoms with E-state index >= 15 is 0 Å². The minimum atomic E-state index is -1.30. The first-order chi connectivity index (χ1) is 17.5. The van der Waals surface area contributed by atoms with Crippen molar-refractivity contribution in [3.8, 4) is 5.75 Å². The average Bonchev–Trinajstić information content (AvgIpc) is 2.86. The minimum absolute atomic E-state index is 0.00735. The van der Waals surface area contributed by atoms with Crippen LogP contribution >= 0.6 is 0 Å². The van der Waals surface area contributed by atoms with Crippen molar-refractivity contribution in [2.75, 3.05) is 6.54 Å². The molecule has 0 aliphatic carbocycles. The number of benzene rings is 2. The molecule has 0 aliphatic heterocycles. The van der Waals surface area contributed by atoms with Crippen LogP contribution in [0, 0.1) is 0 Å². The van der Waals surface area contributed by atoms with Crippen LogP contribution in [0.3, 0.4) is 0 Å². The monoisotopic (exact) mass is 514 g/mol. The number of carbonyl (C=O) groups excluding carboxylic acids is 3. The molecule has 2 aromatic rings. The lowest BCUT2D eigenvalue weighted by atomic mass is 10.0. The maximum Gasteiger partial charge on any atom is 0.326 e. The van der Waals surface area contributed by atoms with Gasteiger partial charge in [0.25, 0.3) is 0 Å². The molecule has 37 heavy (non-hydrogen) atoms. The van der Waals surface area contributed by atoms with Crippen LogP contribution in [-0.2, 0) is 36.8 Å². The number of rotatable bonds is 14. The molecule has 0 aliphatic rings. The second kappa shape index (κ2) is 14.2. The first-order valence-electron chi connectivity index (χ1n) is 11.4. The summed E-state index contributed by atoms with van der Waals surface area (Å²) in [6.07, 6.45) is -0.538. The van der Waals surface area contributed by atoms with Crippen LogP contribution in [0.5, 0.6) is 5.75 Å². The van der Waals surface area contributed by atoms with Crippen LogP contribution in [0.2, 0.25) is 0 Å². The van der Waals surface area contributed by atoms with E-state index in [2.05, 4.69) is 16.0 Å². The molecular weight excluding hydrogens is 484 g/mol. The molecule has 3 unspecified atom stereocenters. The highest BCUT2D eigenvalue weighted by atomic mass is 16.4. The van der Waals surface area contributed by atoms with Crippen LogP contribution in [0.1, 0.15) is 24.0 Å². The van der Waals surface area contributed by atoms with Gasteiger partial charge >= 0.3 is 11.9 Å². The lowest BCUT2D eigenvalue weighted by molar-refractivity contribution is -0.141. The highest BCUT2D eigenvalue weighted by molar-refractivity contribution is 5.93. The van der Waals surface area contributed by atoms with Crippen molar-refractivity contribution in [1.82, 2.24) is 16.0 Å². The van der Waals surface area contributed by atoms with E-state index in [1.165, 1.54) is 24.3 Å². The number of phenols is 1. The predicted molar refractivity (Wildman–Crippen MR) is 131 cm³/mol. The molecule has 0 aromatic heterocycles. The Kier molecular flexibility index (Phi) is 11.0. The quantitative estimate of drug-likeness (QED) is 0.174. The molecule has 12 nitrogen and oxygen atoms in total. The molecule has 198 valence electrons. The molecule has 0 heterocycles.